The lowest BCUT2D eigenvalue weighted by Gasteiger charge is -2.12. The molecule has 0 saturated carbocycles. The van der Waals surface area contributed by atoms with Crippen molar-refractivity contribution in [3.8, 4) is 23.4 Å². The average molecular weight is 439 g/mol. The second-order valence-corrected chi connectivity index (χ2v) is 6.38. The van der Waals surface area contributed by atoms with Gasteiger partial charge in [0, 0.05) is 15.7 Å². The molecule has 1 atom stereocenters. The van der Waals surface area contributed by atoms with E-state index in [0.29, 0.717) is 4.68 Å². The smallest absolute Gasteiger partial charge is 0.349 e. The molecular weight excluding hydrogens is 423 g/mol. The van der Waals surface area contributed by atoms with Crippen molar-refractivity contribution in [1.82, 2.24) is 25.0 Å². The standard InChI is InChI=1S/C17H12Cl2N6O4/c1-7(2)9-5-13(22-23-15(9)26)29-14-10(18)3-8(4-11(14)19)25-17(28)21-16(27)12(6-20)24-25/h3-5,7H,1-2H3,(H,23,26)(H,21,27,28)/i1D3,3D. The van der Waals surface area contributed by atoms with Gasteiger partial charge in [-0.2, -0.15) is 9.94 Å². The van der Waals surface area contributed by atoms with Crippen LogP contribution in [-0.4, -0.2) is 25.0 Å². The predicted octanol–water partition coefficient (Wildman–Crippen LogP) is 2.10. The number of halogens is 2. The zero-order valence-corrected chi connectivity index (χ0v) is 15.9. The molecule has 0 aliphatic rings. The number of nitriles is 1. The van der Waals surface area contributed by atoms with Crippen molar-refractivity contribution >= 4 is 23.2 Å². The van der Waals surface area contributed by atoms with Gasteiger partial charge < -0.3 is 4.74 Å². The summed E-state index contributed by atoms with van der Waals surface area (Å²) in [6.45, 7) is -1.13. The Labute approximate surface area is 177 Å². The van der Waals surface area contributed by atoms with Crippen LogP contribution in [0.1, 0.15) is 36.4 Å². The van der Waals surface area contributed by atoms with Crippen molar-refractivity contribution in [1.29, 1.82) is 5.26 Å². The highest BCUT2D eigenvalue weighted by molar-refractivity contribution is 6.37. The van der Waals surface area contributed by atoms with Crippen molar-refractivity contribution in [2.45, 2.75) is 19.7 Å². The maximum absolute atomic E-state index is 12.1. The Morgan fingerprint density at radius 2 is 2.07 bits per heavy atom. The number of rotatable bonds is 4. The molecule has 148 valence electrons. The molecule has 0 spiro atoms. The van der Waals surface area contributed by atoms with E-state index in [1.54, 1.807) is 0 Å². The van der Waals surface area contributed by atoms with Crippen molar-refractivity contribution in [2.75, 3.05) is 0 Å². The quantitative estimate of drug-likeness (QED) is 0.633. The number of aromatic nitrogens is 5. The summed E-state index contributed by atoms with van der Waals surface area (Å²) in [5.41, 5.74) is -3.79. The first-order chi connectivity index (χ1) is 15.3. The first-order valence-electron chi connectivity index (χ1n) is 9.75. The van der Waals surface area contributed by atoms with Crippen LogP contribution < -0.4 is 21.5 Å². The number of nitrogens with zero attached hydrogens (tertiary/aromatic N) is 4. The molecule has 2 aromatic heterocycles. The molecule has 0 amide bonds. The minimum atomic E-state index is -2.46. The van der Waals surface area contributed by atoms with Gasteiger partial charge in [-0.25, -0.2) is 9.89 Å². The summed E-state index contributed by atoms with van der Waals surface area (Å²) in [4.78, 5) is 37.6. The zero-order chi connectivity index (χ0) is 24.7. The first kappa shape index (κ1) is 15.5. The summed E-state index contributed by atoms with van der Waals surface area (Å²) < 4.78 is 36.8. The van der Waals surface area contributed by atoms with Gasteiger partial charge in [-0.3, -0.25) is 14.6 Å². The molecule has 3 aromatic rings. The van der Waals surface area contributed by atoms with E-state index in [9.17, 15) is 14.4 Å². The molecule has 0 bridgehead atoms. The zero-order valence-electron chi connectivity index (χ0n) is 18.4. The molecule has 2 heterocycles. The fourth-order valence-corrected chi connectivity index (χ4v) is 2.74. The van der Waals surface area contributed by atoms with Crippen LogP contribution in [0, 0.1) is 11.3 Å². The molecular formula is C17H12Cl2N6O4. The summed E-state index contributed by atoms with van der Waals surface area (Å²) in [6, 6.07) is 3.20. The lowest BCUT2D eigenvalue weighted by atomic mass is 10.1. The number of nitrogens with one attached hydrogen (secondary N) is 2. The Morgan fingerprint density at radius 3 is 2.76 bits per heavy atom. The second-order valence-electron chi connectivity index (χ2n) is 5.59. The Hall–Kier alpha value is -3.42. The van der Waals surface area contributed by atoms with Crippen LogP contribution in [0.5, 0.6) is 11.6 Å². The molecule has 0 aliphatic heterocycles. The van der Waals surface area contributed by atoms with Gasteiger partial charge >= 0.3 is 5.69 Å². The van der Waals surface area contributed by atoms with Gasteiger partial charge in [0.15, 0.2) is 5.75 Å². The van der Waals surface area contributed by atoms with Crippen molar-refractivity contribution in [3.63, 3.8) is 0 Å². The van der Waals surface area contributed by atoms with Crippen molar-refractivity contribution in [2.24, 2.45) is 0 Å². The topological polar surface area (TPSA) is 147 Å². The van der Waals surface area contributed by atoms with Crippen LogP contribution in [0.2, 0.25) is 10.0 Å². The van der Waals surface area contributed by atoms with Gasteiger partial charge in [-0.15, -0.1) is 10.2 Å². The largest absolute Gasteiger partial charge is 0.434 e. The van der Waals surface area contributed by atoms with Crippen molar-refractivity contribution < 1.29 is 10.2 Å². The number of hydrogen-bond acceptors (Lipinski definition) is 7. The summed E-state index contributed by atoms with van der Waals surface area (Å²) >= 11 is 12.4. The van der Waals surface area contributed by atoms with Crippen LogP contribution >= 0.6 is 23.2 Å². The number of benzene rings is 1. The Morgan fingerprint density at radius 1 is 1.31 bits per heavy atom. The maximum atomic E-state index is 12.1. The lowest BCUT2D eigenvalue weighted by molar-refractivity contribution is 0.452. The van der Waals surface area contributed by atoms with Gasteiger partial charge in [0.25, 0.3) is 11.1 Å². The number of H-pyrrole nitrogens is 2. The highest BCUT2D eigenvalue weighted by Crippen LogP contribution is 2.37. The van der Waals surface area contributed by atoms with Crippen LogP contribution in [0.25, 0.3) is 5.69 Å². The molecule has 1 aromatic carbocycles. The highest BCUT2D eigenvalue weighted by Gasteiger charge is 2.16. The third kappa shape index (κ3) is 4.06. The van der Waals surface area contributed by atoms with E-state index < -0.39 is 46.3 Å². The van der Waals surface area contributed by atoms with E-state index in [2.05, 4.69) is 15.3 Å². The molecule has 12 heteroatoms. The second kappa shape index (κ2) is 7.90. The minimum absolute atomic E-state index is 0.122. The fraction of sp³-hybridized carbons (Fsp3) is 0.176. The fourth-order valence-electron chi connectivity index (χ4n) is 2.22. The normalized spacial score (nSPS) is 14.1. The molecule has 0 radical (unpaired) electrons. The highest BCUT2D eigenvalue weighted by atomic mass is 35.5. The van der Waals surface area contributed by atoms with Crippen molar-refractivity contribution in [3.05, 3.63) is 70.7 Å². The lowest BCUT2D eigenvalue weighted by Crippen LogP contribution is -2.33. The first-order valence-corrected chi connectivity index (χ1v) is 8.51. The summed E-state index contributed by atoms with van der Waals surface area (Å²) in [5.74, 6) is -1.68. The van der Waals surface area contributed by atoms with E-state index in [1.165, 1.54) is 13.0 Å². The van der Waals surface area contributed by atoms with E-state index in [1.807, 2.05) is 4.98 Å². The van der Waals surface area contributed by atoms with Crippen LogP contribution in [0.15, 0.2) is 32.6 Å². The SMILES string of the molecule is [2H]c1c(-n2nc(C#N)c(=O)[nH]c2=O)cc(Cl)c(Oc2cc(C(C)C([2H])([2H])[2H])c(=O)[nH]n2)c1Cl. The maximum Gasteiger partial charge on any atom is 0.349 e. The summed E-state index contributed by atoms with van der Waals surface area (Å²) in [5, 5.41) is 17.7. The number of ether oxygens (including phenoxy) is 1. The third-order valence-corrected chi connectivity index (χ3v) is 4.11. The van der Waals surface area contributed by atoms with Gasteiger partial charge in [0.2, 0.25) is 11.6 Å². The average Bonchev–Trinajstić information content (AvgIpc) is 2.74. The summed E-state index contributed by atoms with van der Waals surface area (Å²) in [6.07, 6.45) is 0. The number of hydrogen-bond donors (Lipinski definition) is 2. The Bertz CT molecular complexity index is 1470. The third-order valence-electron chi connectivity index (χ3n) is 3.56. The van der Waals surface area contributed by atoms with Crippen LogP contribution in [0.3, 0.4) is 0 Å². The van der Waals surface area contributed by atoms with Gasteiger partial charge in [-0.05, 0) is 18.0 Å². The van der Waals surface area contributed by atoms with Crippen LogP contribution in [-0.2, 0) is 0 Å². The monoisotopic (exact) mass is 438 g/mol. The van der Waals surface area contributed by atoms with Gasteiger partial charge in [0.05, 0.1) is 17.1 Å². The van der Waals surface area contributed by atoms with E-state index in [0.717, 1.165) is 12.1 Å². The molecule has 29 heavy (non-hydrogen) atoms. The van der Waals surface area contributed by atoms with E-state index in [-0.39, 0.29) is 27.9 Å². The van der Waals surface area contributed by atoms with E-state index in [4.69, 9.17) is 38.7 Å². The van der Waals surface area contributed by atoms with Crippen LogP contribution in [0.4, 0.5) is 0 Å². The summed E-state index contributed by atoms with van der Waals surface area (Å²) in [7, 11) is 0. The Kier molecular flexibility index (Phi) is 4.22. The molecule has 2 N–H and O–H groups in total. The van der Waals surface area contributed by atoms with Gasteiger partial charge in [0.1, 0.15) is 6.07 Å². The molecule has 10 nitrogen and oxygen atoms in total. The molecule has 0 fully saturated rings. The molecule has 0 saturated heterocycles. The minimum Gasteiger partial charge on any atom is -0.434 e. The molecule has 0 aliphatic carbocycles. The predicted molar refractivity (Wildman–Crippen MR) is 104 cm³/mol. The Balaban J connectivity index is 2.10. The molecule has 3 rings (SSSR count). The van der Waals surface area contributed by atoms with E-state index >= 15 is 0 Å². The number of aromatic amines is 2. The molecule has 1 unspecified atom stereocenters. The van der Waals surface area contributed by atoms with Gasteiger partial charge in [-0.1, -0.05) is 37.0 Å².